The first-order chi connectivity index (χ1) is 15.3. The molecule has 0 aliphatic carbocycles. The maximum absolute atomic E-state index is 13.3. The van der Waals surface area contributed by atoms with E-state index in [0.29, 0.717) is 27.2 Å². The average molecular weight is 448 g/mol. The number of nitrogens with one attached hydrogen (secondary N) is 1. The number of amides is 1. The number of carbonyl (C=O) groups excluding carboxylic acids is 1. The Labute approximate surface area is 190 Å². The third-order valence-electron chi connectivity index (χ3n) is 5.25. The second-order valence-electron chi connectivity index (χ2n) is 7.73. The lowest BCUT2D eigenvalue weighted by Gasteiger charge is -2.13. The quantitative estimate of drug-likeness (QED) is 0.404. The van der Waals surface area contributed by atoms with Crippen molar-refractivity contribution in [1.29, 1.82) is 0 Å². The summed E-state index contributed by atoms with van der Waals surface area (Å²) in [6, 6.07) is 17.9. The van der Waals surface area contributed by atoms with E-state index < -0.39 is 0 Å². The smallest absolute Gasteiger partial charge is 0.262 e. The van der Waals surface area contributed by atoms with Gasteiger partial charge < -0.3 is 14.5 Å². The summed E-state index contributed by atoms with van der Waals surface area (Å²) in [5.74, 6) is -0.137. The van der Waals surface area contributed by atoms with Crippen molar-refractivity contribution >= 4 is 34.2 Å². The van der Waals surface area contributed by atoms with Gasteiger partial charge in [-0.3, -0.25) is 9.59 Å². The van der Waals surface area contributed by atoms with Crippen LogP contribution in [0.25, 0.3) is 22.3 Å². The molecule has 0 spiro atoms. The summed E-state index contributed by atoms with van der Waals surface area (Å²) in [7, 11) is 0. The van der Waals surface area contributed by atoms with Crippen LogP contribution in [0.4, 0.5) is 5.69 Å². The van der Waals surface area contributed by atoms with Crippen molar-refractivity contribution in [2.24, 2.45) is 0 Å². The van der Waals surface area contributed by atoms with E-state index in [1.807, 2.05) is 45.0 Å². The van der Waals surface area contributed by atoms with Gasteiger partial charge in [0.1, 0.15) is 5.58 Å². The Bertz CT molecular complexity index is 1370. The van der Waals surface area contributed by atoms with Crippen LogP contribution in [0.15, 0.2) is 69.9 Å². The molecule has 6 heteroatoms. The molecule has 0 fully saturated rings. The maximum Gasteiger partial charge on any atom is 0.262 e. The molecule has 0 saturated heterocycles. The van der Waals surface area contributed by atoms with Gasteiger partial charge in [0.25, 0.3) is 5.91 Å². The number of benzene rings is 3. The molecule has 5 nitrogen and oxygen atoms in total. The van der Waals surface area contributed by atoms with Gasteiger partial charge in [-0.2, -0.15) is 0 Å². The summed E-state index contributed by atoms with van der Waals surface area (Å²) < 4.78 is 11.8. The summed E-state index contributed by atoms with van der Waals surface area (Å²) in [5, 5.41) is 3.75. The van der Waals surface area contributed by atoms with Crippen LogP contribution in [0.3, 0.4) is 0 Å². The lowest BCUT2D eigenvalue weighted by molar-refractivity contribution is -0.118. The number of ether oxygens (including phenoxy) is 1. The molecule has 1 amide bonds. The third kappa shape index (κ3) is 4.53. The van der Waals surface area contributed by atoms with Crippen LogP contribution in [-0.2, 0) is 4.79 Å². The van der Waals surface area contributed by atoms with E-state index in [1.165, 1.54) is 0 Å². The van der Waals surface area contributed by atoms with Crippen LogP contribution in [0.1, 0.15) is 16.7 Å². The second kappa shape index (κ2) is 8.89. The van der Waals surface area contributed by atoms with Crippen LogP contribution in [0, 0.1) is 20.8 Å². The molecular weight excluding hydrogens is 426 g/mol. The predicted octanol–water partition coefficient (Wildman–Crippen LogP) is 6.06. The zero-order chi connectivity index (χ0) is 22.8. The first-order valence-corrected chi connectivity index (χ1v) is 10.5. The van der Waals surface area contributed by atoms with Gasteiger partial charge in [0, 0.05) is 16.3 Å². The Morgan fingerprint density at radius 1 is 0.969 bits per heavy atom. The largest absolute Gasteiger partial charge is 0.476 e. The van der Waals surface area contributed by atoms with E-state index in [1.54, 1.807) is 36.4 Å². The maximum atomic E-state index is 13.3. The van der Waals surface area contributed by atoms with E-state index in [2.05, 4.69) is 5.32 Å². The number of carbonyl (C=O) groups is 1. The molecule has 0 atom stereocenters. The van der Waals surface area contributed by atoms with E-state index >= 15 is 0 Å². The van der Waals surface area contributed by atoms with Crippen molar-refractivity contribution < 1.29 is 13.9 Å². The minimum atomic E-state index is -0.376. The topological polar surface area (TPSA) is 68.5 Å². The molecule has 3 aromatic carbocycles. The monoisotopic (exact) mass is 447 g/mol. The molecule has 4 rings (SSSR count). The first-order valence-electron chi connectivity index (χ1n) is 10.1. The summed E-state index contributed by atoms with van der Waals surface area (Å²) in [6.45, 7) is 5.53. The molecule has 4 aromatic rings. The van der Waals surface area contributed by atoms with Crippen molar-refractivity contribution in [3.8, 4) is 17.1 Å². The Balaban J connectivity index is 1.68. The van der Waals surface area contributed by atoms with Crippen LogP contribution in [-0.4, -0.2) is 12.5 Å². The fraction of sp³-hybridized carbons (Fsp3) is 0.154. The Morgan fingerprint density at radius 2 is 1.72 bits per heavy atom. The standard InChI is InChI=1S/C26H22ClNO4/c1-15-4-11-22-21(12-15)24(30)26(25(32-22)18-6-8-19(27)9-7-18)31-14-23(29)28-20-10-5-16(2)17(3)13-20/h4-13H,14H2,1-3H3,(H,28,29). The van der Waals surface area contributed by atoms with Crippen molar-refractivity contribution in [2.75, 3.05) is 11.9 Å². The van der Waals surface area contributed by atoms with Gasteiger partial charge in [0.2, 0.25) is 11.2 Å². The number of rotatable bonds is 5. The average Bonchev–Trinajstić information content (AvgIpc) is 2.76. The van der Waals surface area contributed by atoms with Gasteiger partial charge in [-0.1, -0.05) is 29.3 Å². The van der Waals surface area contributed by atoms with E-state index in [0.717, 1.165) is 16.7 Å². The highest BCUT2D eigenvalue weighted by Gasteiger charge is 2.19. The van der Waals surface area contributed by atoms with Crippen molar-refractivity contribution in [3.05, 3.63) is 92.6 Å². The Kier molecular flexibility index (Phi) is 6.01. The Morgan fingerprint density at radius 3 is 2.44 bits per heavy atom. The molecule has 1 N–H and O–H groups in total. The first kappa shape index (κ1) is 21.7. The zero-order valence-corrected chi connectivity index (χ0v) is 18.7. The number of fused-ring (bicyclic) bond motifs is 1. The number of halogens is 1. The summed E-state index contributed by atoms with van der Waals surface area (Å²) >= 11 is 6.01. The molecule has 162 valence electrons. The summed E-state index contributed by atoms with van der Waals surface area (Å²) in [5.41, 5.74) is 4.52. The van der Waals surface area contributed by atoms with Crippen LogP contribution < -0.4 is 15.5 Å². The normalized spacial score (nSPS) is 10.9. The molecule has 0 bridgehead atoms. The molecule has 0 saturated carbocycles. The highest BCUT2D eigenvalue weighted by molar-refractivity contribution is 6.30. The number of aryl methyl sites for hydroxylation is 3. The van der Waals surface area contributed by atoms with E-state index in [9.17, 15) is 9.59 Å². The summed E-state index contributed by atoms with van der Waals surface area (Å²) in [6.07, 6.45) is 0. The lowest BCUT2D eigenvalue weighted by atomic mass is 10.1. The lowest BCUT2D eigenvalue weighted by Crippen LogP contribution is -2.22. The summed E-state index contributed by atoms with van der Waals surface area (Å²) in [4.78, 5) is 25.8. The van der Waals surface area contributed by atoms with Crippen molar-refractivity contribution in [3.63, 3.8) is 0 Å². The molecular formula is C26H22ClNO4. The SMILES string of the molecule is Cc1ccc2oc(-c3ccc(Cl)cc3)c(OCC(=O)Nc3ccc(C)c(C)c3)c(=O)c2c1. The third-order valence-corrected chi connectivity index (χ3v) is 5.50. The van der Waals surface area contributed by atoms with Gasteiger partial charge in [-0.05, 0) is 80.4 Å². The molecule has 0 unspecified atom stereocenters. The number of hydrogen-bond donors (Lipinski definition) is 1. The predicted molar refractivity (Wildman–Crippen MR) is 128 cm³/mol. The number of hydrogen-bond acceptors (Lipinski definition) is 4. The van der Waals surface area contributed by atoms with Gasteiger partial charge in [0.05, 0.1) is 5.39 Å². The van der Waals surface area contributed by atoms with Gasteiger partial charge in [-0.25, -0.2) is 0 Å². The molecule has 1 heterocycles. The van der Waals surface area contributed by atoms with Gasteiger partial charge in [0.15, 0.2) is 12.4 Å². The van der Waals surface area contributed by atoms with Crippen molar-refractivity contribution in [1.82, 2.24) is 0 Å². The Hall–Kier alpha value is -3.57. The zero-order valence-electron chi connectivity index (χ0n) is 18.0. The van der Waals surface area contributed by atoms with Crippen LogP contribution in [0.5, 0.6) is 5.75 Å². The highest BCUT2D eigenvalue weighted by Crippen LogP contribution is 2.32. The minimum Gasteiger partial charge on any atom is -0.476 e. The van der Waals surface area contributed by atoms with Gasteiger partial charge >= 0.3 is 0 Å². The van der Waals surface area contributed by atoms with E-state index in [4.69, 9.17) is 20.8 Å². The van der Waals surface area contributed by atoms with Gasteiger partial charge in [-0.15, -0.1) is 0 Å². The molecule has 0 aliphatic heterocycles. The second-order valence-corrected chi connectivity index (χ2v) is 8.17. The molecule has 32 heavy (non-hydrogen) atoms. The van der Waals surface area contributed by atoms with E-state index in [-0.39, 0.29) is 29.5 Å². The fourth-order valence-corrected chi connectivity index (χ4v) is 3.49. The van der Waals surface area contributed by atoms with Crippen molar-refractivity contribution in [2.45, 2.75) is 20.8 Å². The molecule has 0 aliphatic rings. The number of anilines is 1. The molecule has 1 aromatic heterocycles. The van der Waals surface area contributed by atoms with Crippen LogP contribution >= 0.6 is 11.6 Å². The van der Waals surface area contributed by atoms with Crippen LogP contribution in [0.2, 0.25) is 5.02 Å². The fourth-order valence-electron chi connectivity index (χ4n) is 3.37. The minimum absolute atomic E-state index is 0.0133. The molecule has 0 radical (unpaired) electrons. The highest BCUT2D eigenvalue weighted by atomic mass is 35.5.